The summed E-state index contributed by atoms with van der Waals surface area (Å²) in [7, 11) is 0. The molecule has 0 aliphatic carbocycles. The second-order valence-electron chi connectivity index (χ2n) is 5.65. The summed E-state index contributed by atoms with van der Waals surface area (Å²) < 4.78 is 5.67. The average Bonchev–Trinajstić information content (AvgIpc) is 2.27. The number of aliphatic hydroxyl groups is 1. The van der Waals surface area contributed by atoms with Crippen molar-refractivity contribution in [2.75, 3.05) is 6.61 Å². The Morgan fingerprint density at radius 1 is 1.18 bits per heavy atom. The van der Waals surface area contributed by atoms with E-state index in [2.05, 4.69) is 20.8 Å². The summed E-state index contributed by atoms with van der Waals surface area (Å²) in [6.07, 6.45) is 1.41. The molecular formula is C15H24O2. The molecule has 0 aliphatic rings. The van der Waals surface area contributed by atoms with E-state index in [4.69, 9.17) is 4.74 Å². The van der Waals surface area contributed by atoms with Crippen LogP contribution in [0.4, 0.5) is 0 Å². The second-order valence-corrected chi connectivity index (χ2v) is 5.65. The van der Waals surface area contributed by atoms with Crippen LogP contribution in [0, 0.1) is 5.41 Å². The first-order valence-electron chi connectivity index (χ1n) is 6.33. The van der Waals surface area contributed by atoms with Gasteiger partial charge in [-0.25, -0.2) is 0 Å². The lowest BCUT2D eigenvalue weighted by atomic mass is 9.93. The minimum Gasteiger partial charge on any atom is -0.494 e. The fraction of sp³-hybridized carbons (Fsp3) is 0.600. The van der Waals surface area contributed by atoms with Crippen LogP contribution in [0.5, 0.6) is 5.75 Å². The van der Waals surface area contributed by atoms with E-state index < -0.39 is 0 Å². The Morgan fingerprint density at radius 3 is 2.24 bits per heavy atom. The van der Waals surface area contributed by atoms with Crippen molar-refractivity contribution in [1.82, 2.24) is 0 Å². The first-order valence-corrected chi connectivity index (χ1v) is 6.33. The highest BCUT2D eigenvalue weighted by Gasteiger charge is 2.10. The van der Waals surface area contributed by atoms with Gasteiger partial charge >= 0.3 is 0 Å². The molecule has 0 aromatic heterocycles. The van der Waals surface area contributed by atoms with Gasteiger partial charge in [-0.2, -0.15) is 0 Å². The molecule has 0 bridgehead atoms. The van der Waals surface area contributed by atoms with E-state index in [-0.39, 0.29) is 6.10 Å². The van der Waals surface area contributed by atoms with Gasteiger partial charge in [0.1, 0.15) is 5.75 Å². The molecule has 0 radical (unpaired) electrons. The van der Waals surface area contributed by atoms with Gasteiger partial charge in [-0.1, -0.05) is 39.8 Å². The minimum absolute atomic E-state index is 0.304. The number of aliphatic hydroxyl groups excluding tert-OH is 1. The van der Waals surface area contributed by atoms with Crippen LogP contribution < -0.4 is 4.74 Å². The summed E-state index contributed by atoms with van der Waals surface area (Å²) >= 11 is 0. The van der Waals surface area contributed by atoms with Crippen molar-refractivity contribution in [3.05, 3.63) is 29.8 Å². The monoisotopic (exact) mass is 236 g/mol. The largest absolute Gasteiger partial charge is 0.494 e. The van der Waals surface area contributed by atoms with E-state index in [0.717, 1.165) is 30.8 Å². The van der Waals surface area contributed by atoms with Crippen molar-refractivity contribution in [3.63, 3.8) is 0 Å². The third-order valence-corrected chi connectivity index (χ3v) is 2.77. The molecule has 96 valence electrons. The Bertz CT molecular complexity index is 322. The summed E-state index contributed by atoms with van der Waals surface area (Å²) in [5.74, 6) is 0.876. The third-order valence-electron chi connectivity index (χ3n) is 2.77. The highest BCUT2D eigenvalue weighted by atomic mass is 16.5. The Balaban J connectivity index is 2.46. The Labute approximate surface area is 105 Å². The van der Waals surface area contributed by atoms with E-state index in [0.29, 0.717) is 5.41 Å². The molecule has 17 heavy (non-hydrogen) atoms. The van der Waals surface area contributed by atoms with Crippen LogP contribution in [0.15, 0.2) is 24.3 Å². The zero-order chi connectivity index (χ0) is 12.9. The quantitative estimate of drug-likeness (QED) is 0.839. The first-order chi connectivity index (χ1) is 7.92. The Kier molecular flexibility index (Phi) is 5.01. The molecule has 0 heterocycles. The predicted molar refractivity (Wildman–Crippen MR) is 71.3 cm³/mol. The highest BCUT2D eigenvalue weighted by molar-refractivity contribution is 5.28. The van der Waals surface area contributed by atoms with E-state index in [9.17, 15) is 5.11 Å². The van der Waals surface area contributed by atoms with Crippen LogP contribution >= 0.6 is 0 Å². The number of hydrogen-bond acceptors (Lipinski definition) is 2. The first kappa shape index (κ1) is 14.0. The Hall–Kier alpha value is -1.02. The maximum Gasteiger partial charge on any atom is 0.119 e. The van der Waals surface area contributed by atoms with E-state index in [1.54, 1.807) is 0 Å². The molecule has 1 aromatic rings. The van der Waals surface area contributed by atoms with Crippen molar-refractivity contribution in [2.45, 2.75) is 46.6 Å². The van der Waals surface area contributed by atoms with Crippen LogP contribution in [-0.2, 0) is 0 Å². The van der Waals surface area contributed by atoms with Crippen LogP contribution in [0.1, 0.15) is 52.2 Å². The molecule has 0 amide bonds. The molecule has 1 aromatic carbocycles. The van der Waals surface area contributed by atoms with Gasteiger partial charge in [-0.3, -0.25) is 0 Å². The van der Waals surface area contributed by atoms with Gasteiger partial charge in [-0.15, -0.1) is 0 Å². The molecule has 0 saturated heterocycles. The summed E-state index contributed by atoms with van der Waals surface area (Å²) in [4.78, 5) is 0. The standard InChI is InChI=1S/C15H24O2/c1-5-14(16)12-6-8-13(9-7-12)17-11-10-15(2,3)4/h6-9,14,16H,5,10-11H2,1-4H3/t14-/m0/s1. The fourth-order valence-electron chi connectivity index (χ4n) is 1.50. The molecular weight excluding hydrogens is 212 g/mol. The van der Waals surface area contributed by atoms with Crippen molar-refractivity contribution >= 4 is 0 Å². The minimum atomic E-state index is -0.362. The number of rotatable bonds is 5. The molecule has 1 atom stereocenters. The molecule has 1 N–H and O–H groups in total. The zero-order valence-electron chi connectivity index (χ0n) is 11.4. The Morgan fingerprint density at radius 2 is 1.76 bits per heavy atom. The predicted octanol–water partition coefficient (Wildman–Crippen LogP) is 3.95. The molecule has 2 nitrogen and oxygen atoms in total. The molecule has 1 rings (SSSR count). The van der Waals surface area contributed by atoms with Crippen molar-refractivity contribution in [1.29, 1.82) is 0 Å². The van der Waals surface area contributed by atoms with Gasteiger partial charge < -0.3 is 9.84 Å². The summed E-state index contributed by atoms with van der Waals surface area (Å²) in [6, 6.07) is 7.72. The maximum absolute atomic E-state index is 9.66. The molecule has 0 fully saturated rings. The summed E-state index contributed by atoms with van der Waals surface area (Å²) in [6.45, 7) is 9.32. The molecule has 0 saturated carbocycles. The van der Waals surface area contributed by atoms with Gasteiger partial charge in [-0.05, 0) is 36.0 Å². The normalized spacial score (nSPS) is 13.5. The van der Waals surface area contributed by atoms with Gasteiger partial charge in [0.2, 0.25) is 0 Å². The molecule has 0 unspecified atom stereocenters. The molecule has 2 heteroatoms. The fourth-order valence-corrected chi connectivity index (χ4v) is 1.50. The number of ether oxygens (including phenoxy) is 1. The smallest absolute Gasteiger partial charge is 0.119 e. The van der Waals surface area contributed by atoms with Crippen molar-refractivity contribution < 1.29 is 9.84 Å². The molecule has 0 aliphatic heterocycles. The van der Waals surface area contributed by atoms with Gasteiger partial charge in [0.15, 0.2) is 0 Å². The second kappa shape index (κ2) is 6.06. The lowest BCUT2D eigenvalue weighted by molar-refractivity contribution is 0.173. The lowest BCUT2D eigenvalue weighted by Crippen LogP contribution is -2.11. The van der Waals surface area contributed by atoms with E-state index in [1.807, 2.05) is 31.2 Å². The topological polar surface area (TPSA) is 29.5 Å². The maximum atomic E-state index is 9.66. The zero-order valence-corrected chi connectivity index (χ0v) is 11.4. The van der Waals surface area contributed by atoms with E-state index >= 15 is 0 Å². The summed E-state index contributed by atoms with van der Waals surface area (Å²) in [5, 5.41) is 9.66. The summed E-state index contributed by atoms with van der Waals surface area (Å²) in [5.41, 5.74) is 1.26. The van der Waals surface area contributed by atoms with Gasteiger partial charge in [0.25, 0.3) is 0 Å². The van der Waals surface area contributed by atoms with Crippen LogP contribution in [0.25, 0.3) is 0 Å². The van der Waals surface area contributed by atoms with Crippen LogP contribution in [0.2, 0.25) is 0 Å². The third kappa shape index (κ3) is 5.22. The SMILES string of the molecule is CC[C@H](O)c1ccc(OCCC(C)(C)C)cc1. The number of hydrogen-bond donors (Lipinski definition) is 1. The van der Waals surface area contributed by atoms with Crippen LogP contribution in [0.3, 0.4) is 0 Å². The van der Waals surface area contributed by atoms with E-state index in [1.165, 1.54) is 0 Å². The molecule has 0 spiro atoms. The average molecular weight is 236 g/mol. The highest BCUT2D eigenvalue weighted by Crippen LogP contribution is 2.22. The van der Waals surface area contributed by atoms with Crippen molar-refractivity contribution in [2.24, 2.45) is 5.41 Å². The van der Waals surface area contributed by atoms with Crippen LogP contribution in [-0.4, -0.2) is 11.7 Å². The number of benzene rings is 1. The lowest BCUT2D eigenvalue weighted by Gasteiger charge is -2.18. The van der Waals surface area contributed by atoms with Gasteiger partial charge in [0, 0.05) is 0 Å². The van der Waals surface area contributed by atoms with Crippen molar-refractivity contribution in [3.8, 4) is 5.75 Å². The van der Waals surface area contributed by atoms with Gasteiger partial charge in [0.05, 0.1) is 12.7 Å².